The number of aromatic amines is 1. The summed E-state index contributed by atoms with van der Waals surface area (Å²) in [6.45, 7) is 0.693. The fourth-order valence-corrected chi connectivity index (χ4v) is 3.47. The Bertz CT molecular complexity index is 926. The summed E-state index contributed by atoms with van der Waals surface area (Å²) in [6, 6.07) is 1.83. The number of aromatic nitrogens is 2. The lowest BCUT2D eigenvalue weighted by Gasteiger charge is -2.26. The number of nitrogens with two attached hydrogens (primary N) is 1. The van der Waals surface area contributed by atoms with E-state index in [-0.39, 0.29) is 36.0 Å². The predicted octanol–water partition coefficient (Wildman–Crippen LogP) is 2.22. The van der Waals surface area contributed by atoms with Crippen molar-refractivity contribution in [2.45, 2.75) is 31.5 Å². The van der Waals surface area contributed by atoms with Gasteiger partial charge in [-0.1, -0.05) is 0 Å². The number of likely N-dealkylation sites (tertiary alicyclic amines) is 1. The van der Waals surface area contributed by atoms with Crippen LogP contribution in [0.25, 0.3) is 10.9 Å². The molecule has 3 rings (SSSR count). The molecule has 0 aliphatic carbocycles. The number of carbonyl (C=O) groups excluding carboxylic acids is 1. The summed E-state index contributed by atoms with van der Waals surface area (Å²) in [5.74, 6) is -0.455. The molecule has 0 spiro atoms. The molecular weight excluding hydrogens is 365 g/mol. The number of halogens is 3. The van der Waals surface area contributed by atoms with E-state index in [1.807, 2.05) is 0 Å². The van der Waals surface area contributed by atoms with Crippen LogP contribution in [0.4, 0.5) is 19.1 Å². The molecule has 1 aromatic heterocycles. The van der Waals surface area contributed by atoms with Crippen molar-refractivity contribution < 1.29 is 22.7 Å². The number of rotatable bonds is 4. The van der Waals surface area contributed by atoms with E-state index >= 15 is 0 Å². The summed E-state index contributed by atoms with van der Waals surface area (Å²) in [6.07, 6.45) is -3.39. The van der Waals surface area contributed by atoms with Gasteiger partial charge < -0.3 is 15.4 Å². The zero-order valence-electron chi connectivity index (χ0n) is 14.6. The summed E-state index contributed by atoms with van der Waals surface area (Å²) in [7, 11) is 1.47. The second kappa shape index (κ2) is 7.18. The Morgan fingerprint density at radius 2 is 2.19 bits per heavy atom. The van der Waals surface area contributed by atoms with Crippen LogP contribution in [0.3, 0.4) is 0 Å². The average Bonchev–Trinajstić information content (AvgIpc) is 3.07. The molecule has 27 heavy (non-hydrogen) atoms. The van der Waals surface area contributed by atoms with Crippen molar-refractivity contribution in [1.82, 2.24) is 14.9 Å². The molecule has 0 bridgehead atoms. The highest BCUT2D eigenvalue weighted by Gasteiger charge is 2.37. The third-order valence-electron chi connectivity index (χ3n) is 4.63. The number of benzene rings is 1. The Hall–Kier alpha value is -2.62. The Labute approximate surface area is 152 Å². The third-order valence-corrected chi connectivity index (χ3v) is 4.63. The van der Waals surface area contributed by atoms with Gasteiger partial charge in [-0.05, 0) is 30.5 Å². The zero-order chi connectivity index (χ0) is 19.8. The van der Waals surface area contributed by atoms with Gasteiger partial charge in [0.2, 0.25) is 11.9 Å². The monoisotopic (exact) mass is 384 g/mol. The first kappa shape index (κ1) is 19.2. The number of fused-ring (bicyclic) bond motifs is 1. The van der Waals surface area contributed by atoms with Crippen molar-refractivity contribution in [2.24, 2.45) is 0 Å². The predicted molar refractivity (Wildman–Crippen MR) is 92.0 cm³/mol. The first-order valence-corrected chi connectivity index (χ1v) is 8.41. The van der Waals surface area contributed by atoms with Gasteiger partial charge in [0.25, 0.3) is 5.56 Å². The molecule has 7 nitrogen and oxygen atoms in total. The summed E-state index contributed by atoms with van der Waals surface area (Å²) >= 11 is 0. The summed E-state index contributed by atoms with van der Waals surface area (Å²) in [4.78, 5) is 31.9. The Morgan fingerprint density at radius 3 is 2.85 bits per heavy atom. The number of anilines is 1. The third kappa shape index (κ3) is 3.75. The number of amides is 1. The SMILES string of the molecule is COCCC(=O)N1CCC[C@@H]1c1cc(C(F)(F)F)c2c(=O)[nH]c(N)nc2c1. The van der Waals surface area contributed by atoms with E-state index in [0.717, 1.165) is 6.07 Å². The van der Waals surface area contributed by atoms with Crippen molar-refractivity contribution in [3.05, 3.63) is 33.6 Å². The maximum Gasteiger partial charge on any atom is 0.417 e. The standard InChI is InChI=1S/C17H19F3N4O3/c1-27-6-4-13(25)24-5-2-3-12(24)9-7-10(17(18,19)20)14-11(8-9)22-16(21)23-15(14)26/h7-8,12H,2-6H2,1H3,(H3,21,22,23,26)/t12-/m1/s1. The number of hydrogen-bond donors (Lipinski definition) is 2. The molecule has 1 atom stereocenters. The zero-order valence-corrected chi connectivity index (χ0v) is 14.6. The van der Waals surface area contributed by atoms with Crippen LogP contribution < -0.4 is 11.3 Å². The number of nitrogens with zero attached hydrogens (tertiary/aromatic N) is 2. The lowest BCUT2D eigenvalue weighted by molar-refractivity contribution is -0.136. The number of ether oxygens (including phenoxy) is 1. The van der Waals surface area contributed by atoms with E-state index in [0.29, 0.717) is 19.4 Å². The minimum Gasteiger partial charge on any atom is -0.384 e. The number of methoxy groups -OCH3 is 1. The molecule has 1 fully saturated rings. The highest BCUT2D eigenvalue weighted by atomic mass is 19.4. The van der Waals surface area contributed by atoms with Crippen LogP contribution in [-0.4, -0.2) is 41.0 Å². The lowest BCUT2D eigenvalue weighted by Crippen LogP contribution is -2.31. The van der Waals surface area contributed by atoms with Crippen molar-refractivity contribution in [3.63, 3.8) is 0 Å². The molecule has 0 saturated carbocycles. The first-order valence-electron chi connectivity index (χ1n) is 8.41. The molecule has 2 aromatic rings. The van der Waals surface area contributed by atoms with E-state index in [4.69, 9.17) is 10.5 Å². The minimum atomic E-state index is -4.75. The Morgan fingerprint density at radius 1 is 1.44 bits per heavy atom. The van der Waals surface area contributed by atoms with Gasteiger partial charge in [0.05, 0.1) is 35.5 Å². The van der Waals surface area contributed by atoms with Gasteiger partial charge in [0.1, 0.15) is 0 Å². The lowest BCUT2D eigenvalue weighted by atomic mass is 9.98. The molecule has 1 aliphatic heterocycles. The molecule has 1 amide bonds. The van der Waals surface area contributed by atoms with Gasteiger partial charge >= 0.3 is 6.18 Å². The molecule has 0 unspecified atom stereocenters. The molecule has 1 saturated heterocycles. The summed E-state index contributed by atoms with van der Waals surface area (Å²) in [5, 5.41) is -0.560. The van der Waals surface area contributed by atoms with Crippen LogP contribution in [0.5, 0.6) is 0 Å². The smallest absolute Gasteiger partial charge is 0.384 e. The molecule has 1 aliphatic rings. The van der Waals surface area contributed by atoms with Gasteiger partial charge in [-0.2, -0.15) is 13.2 Å². The second-order valence-electron chi connectivity index (χ2n) is 6.40. The second-order valence-corrected chi connectivity index (χ2v) is 6.40. The van der Waals surface area contributed by atoms with E-state index in [1.54, 1.807) is 4.90 Å². The Balaban J connectivity index is 2.12. The van der Waals surface area contributed by atoms with Crippen molar-refractivity contribution >= 4 is 22.8 Å². The highest BCUT2D eigenvalue weighted by molar-refractivity contribution is 5.84. The minimum absolute atomic E-state index is 0.141. The van der Waals surface area contributed by atoms with Gasteiger partial charge in [-0.3, -0.25) is 14.6 Å². The molecule has 0 radical (unpaired) electrons. The number of H-pyrrole nitrogens is 1. The molecule has 2 heterocycles. The number of nitrogens with one attached hydrogen (secondary N) is 1. The first-order chi connectivity index (χ1) is 12.7. The summed E-state index contributed by atoms with van der Waals surface area (Å²) < 4.78 is 45.6. The average molecular weight is 384 g/mol. The molecule has 146 valence electrons. The van der Waals surface area contributed by atoms with Gasteiger partial charge in [-0.15, -0.1) is 0 Å². The largest absolute Gasteiger partial charge is 0.417 e. The summed E-state index contributed by atoms with van der Waals surface area (Å²) in [5.41, 5.74) is 3.61. The molecule has 1 aromatic carbocycles. The van der Waals surface area contributed by atoms with Crippen molar-refractivity contribution in [1.29, 1.82) is 0 Å². The number of alkyl halides is 3. The van der Waals surface area contributed by atoms with Crippen LogP contribution in [0.1, 0.15) is 36.4 Å². The van der Waals surface area contributed by atoms with Crippen LogP contribution in [0, 0.1) is 0 Å². The van der Waals surface area contributed by atoms with E-state index < -0.39 is 28.7 Å². The normalized spacial score (nSPS) is 17.6. The molecule has 3 N–H and O–H groups in total. The molecular formula is C17H19F3N4O3. The van der Waals surface area contributed by atoms with Gasteiger partial charge in [-0.25, -0.2) is 4.98 Å². The Kier molecular flexibility index (Phi) is 5.09. The number of carbonyl (C=O) groups is 1. The topological polar surface area (TPSA) is 101 Å². The van der Waals surface area contributed by atoms with E-state index in [9.17, 15) is 22.8 Å². The quantitative estimate of drug-likeness (QED) is 0.842. The van der Waals surface area contributed by atoms with E-state index in [1.165, 1.54) is 13.2 Å². The van der Waals surface area contributed by atoms with Crippen LogP contribution in [0.15, 0.2) is 16.9 Å². The van der Waals surface area contributed by atoms with Crippen molar-refractivity contribution in [3.8, 4) is 0 Å². The maximum atomic E-state index is 13.6. The van der Waals surface area contributed by atoms with Crippen LogP contribution >= 0.6 is 0 Å². The fourth-order valence-electron chi connectivity index (χ4n) is 3.47. The van der Waals surface area contributed by atoms with Gasteiger partial charge in [0.15, 0.2) is 0 Å². The van der Waals surface area contributed by atoms with Crippen molar-refractivity contribution in [2.75, 3.05) is 26.0 Å². The fraction of sp³-hybridized carbons (Fsp3) is 0.471. The number of hydrogen-bond acceptors (Lipinski definition) is 5. The maximum absolute atomic E-state index is 13.6. The van der Waals surface area contributed by atoms with Gasteiger partial charge in [0, 0.05) is 13.7 Å². The van der Waals surface area contributed by atoms with Crippen LogP contribution in [-0.2, 0) is 15.7 Å². The van der Waals surface area contributed by atoms with Crippen LogP contribution in [0.2, 0.25) is 0 Å². The number of nitrogen functional groups attached to an aromatic ring is 1. The van der Waals surface area contributed by atoms with E-state index in [2.05, 4.69) is 9.97 Å². The highest BCUT2D eigenvalue weighted by Crippen LogP contribution is 2.39. The molecule has 10 heteroatoms.